The van der Waals surface area contributed by atoms with Crippen molar-refractivity contribution in [3.05, 3.63) is 29.8 Å². The van der Waals surface area contributed by atoms with Crippen molar-refractivity contribution in [3.8, 4) is 0 Å². The fourth-order valence-electron chi connectivity index (χ4n) is 3.15. The van der Waals surface area contributed by atoms with Crippen LogP contribution in [0.5, 0.6) is 0 Å². The molecule has 0 aromatic heterocycles. The van der Waals surface area contributed by atoms with Crippen LogP contribution in [-0.4, -0.2) is 15.0 Å². The van der Waals surface area contributed by atoms with Gasteiger partial charge in [-0.05, 0) is 62.0 Å². The van der Waals surface area contributed by atoms with Crippen molar-refractivity contribution in [2.45, 2.75) is 58.3 Å². The van der Waals surface area contributed by atoms with Gasteiger partial charge >= 0.3 is 0 Å². The van der Waals surface area contributed by atoms with Crippen molar-refractivity contribution in [2.75, 3.05) is 6.61 Å². The molecule has 0 aliphatic heterocycles. The Morgan fingerprint density at radius 3 is 2.09 bits per heavy atom. The van der Waals surface area contributed by atoms with Gasteiger partial charge in [0.2, 0.25) is 0 Å². The van der Waals surface area contributed by atoms with Gasteiger partial charge in [-0.2, -0.15) is 8.42 Å². The van der Waals surface area contributed by atoms with Crippen LogP contribution >= 0.6 is 0 Å². The van der Waals surface area contributed by atoms with Crippen molar-refractivity contribution in [1.29, 1.82) is 0 Å². The second-order valence-electron chi connectivity index (χ2n) is 7.64. The lowest BCUT2D eigenvalue weighted by atomic mass is 9.70. The molecule has 1 fully saturated rings. The maximum Gasteiger partial charge on any atom is 0.296 e. The molecule has 0 radical (unpaired) electrons. The molecule has 0 unspecified atom stereocenters. The molecule has 0 bridgehead atoms. The van der Waals surface area contributed by atoms with E-state index in [1.54, 1.807) is 24.3 Å². The quantitative estimate of drug-likeness (QED) is 0.763. The summed E-state index contributed by atoms with van der Waals surface area (Å²) in [7, 11) is -3.62. The summed E-state index contributed by atoms with van der Waals surface area (Å²) < 4.78 is 29.7. The fraction of sp³-hybridized carbons (Fsp3) is 0.667. The van der Waals surface area contributed by atoms with Crippen LogP contribution in [0.3, 0.4) is 0 Å². The van der Waals surface area contributed by atoms with Crippen molar-refractivity contribution < 1.29 is 12.6 Å². The topological polar surface area (TPSA) is 43.4 Å². The number of hydrogen-bond acceptors (Lipinski definition) is 3. The Balaban J connectivity index is 1.87. The second kappa shape index (κ2) is 6.71. The molecule has 1 aliphatic carbocycles. The first-order chi connectivity index (χ1) is 10.2. The van der Waals surface area contributed by atoms with E-state index in [0.717, 1.165) is 24.3 Å². The van der Waals surface area contributed by atoms with Crippen molar-refractivity contribution in [2.24, 2.45) is 17.3 Å². The maximum atomic E-state index is 12.2. The van der Waals surface area contributed by atoms with E-state index < -0.39 is 10.1 Å². The molecule has 3 nitrogen and oxygen atoms in total. The summed E-state index contributed by atoms with van der Waals surface area (Å²) in [6, 6.07) is 6.82. The van der Waals surface area contributed by atoms with Crippen LogP contribution in [0.15, 0.2) is 29.2 Å². The first-order valence-electron chi connectivity index (χ1n) is 8.14. The van der Waals surface area contributed by atoms with Gasteiger partial charge in [0, 0.05) is 0 Å². The van der Waals surface area contributed by atoms with Crippen LogP contribution in [-0.2, 0) is 14.3 Å². The van der Waals surface area contributed by atoms with E-state index in [1.807, 2.05) is 6.92 Å². The highest BCUT2D eigenvalue weighted by Gasteiger charge is 2.30. The lowest BCUT2D eigenvalue weighted by Crippen LogP contribution is -2.27. The van der Waals surface area contributed by atoms with E-state index >= 15 is 0 Å². The maximum absolute atomic E-state index is 12.2. The monoisotopic (exact) mass is 324 g/mol. The Morgan fingerprint density at radius 2 is 1.59 bits per heavy atom. The lowest BCUT2D eigenvalue weighted by molar-refractivity contribution is 0.123. The molecule has 0 amide bonds. The smallest absolute Gasteiger partial charge is 0.266 e. The molecule has 1 saturated carbocycles. The highest BCUT2D eigenvalue weighted by Crippen LogP contribution is 2.40. The highest BCUT2D eigenvalue weighted by atomic mass is 32.2. The zero-order valence-corrected chi connectivity index (χ0v) is 14.9. The molecule has 22 heavy (non-hydrogen) atoms. The largest absolute Gasteiger partial charge is 0.296 e. The third-order valence-corrected chi connectivity index (χ3v) is 6.14. The molecule has 124 valence electrons. The zero-order chi connectivity index (χ0) is 16.4. The lowest BCUT2D eigenvalue weighted by Gasteiger charge is -2.36. The summed E-state index contributed by atoms with van der Waals surface area (Å²) >= 11 is 0. The Labute approximate surface area is 135 Å². The molecule has 0 heterocycles. The summed E-state index contributed by atoms with van der Waals surface area (Å²) in [5.74, 6) is 1.09. The molecule has 0 atom stereocenters. The van der Waals surface area contributed by atoms with Gasteiger partial charge in [0.05, 0.1) is 11.5 Å². The first-order valence-corrected chi connectivity index (χ1v) is 9.55. The third kappa shape index (κ3) is 4.56. The molecular formula is C18H28O3S. The van der Waals surface area contributed by atoms with Crippen molar-refractivity contribution >= 4 is 10.1 Å². The Morgan fingerprint density at radius 1 is 1.05 bits per heavy atom. The van der Waals surface area contributed by atoms with Crippen LogP contribution in [0, 0.1) is 24.2 Å². The number of aryl methyl sites for hydroxylation is 1. The standard InChI is InChI=1S/C18H28O3S/c1-14-5-11-17(12-6-14)22(19,20)21-13-15-7-9-16(10-8-15)18(2,3)4/h5-6,11-12,15-16H,7-10,13H2,1-4H3. The minimum atomic E-state index is -3.62. The summed E-state index contributed by atoms with van der Waals surface area (Å²) in [4.78, 5) is 0.251. The normalized spacial score (nSPS) is 23.5. The summed E-state index contributed by atoms with van der Waals surface area (Å²) in [5, 5.41) is 0. The van der Waals surface area contributed by atoms with Gasteiger partial charge in [-0.1, -0.05) is 38.5 Å². The van der Waals surface area contributed by atoms with Crippen molar-refractivity contribution in [1.82, 2.24) is 0 Å². The summed E-state index contributed by atoms with van der Waals surface area (Å²) in [5.41, 5.74) is 1.39. The van der Waals surface area contributed by atoms with Gasteiger partial charge < -0.3 is 0 Å². The van der Waals surface area contributed by atoms with Gasteiger partial charge in [0.1, 0.15) is 0 Å². The van der Waals surface area contributed by atoms with E-state index in [4.69, 9.17) is 4.18 Å². The number of rotatable bonds is 4. The van der Waals surface area contributed by atoms with E-state index in [2.05, 4.69) is 20.8 Å². The first kappa shape index (κ1) is 17.5. The molecule has 0 N–H and O–H groups in total. The number of benzene rings is 1. The number of hydrogen-bond donors (Lipinski definition) is 0. The second-order valence-corrected chi connectivity index (χ2v) is 9.25. The van der Waals surface area contributed by atoms with E-state index in [9.17, 15) is 8.42 Å². The minimum absolute atomic E-state index is 0.251. The average molecular weight is 324 g/mol. The van der Waals surface area contributed by atoms with Gasteiger partial charge in [-0.15, -0.1) is 0 Å². The van der Waals surface area contributed by atoms with Crippen LogP contribution in [0.25, 0.3) is 0 Å². The summed E-state index contributed by atoms with van der Waals surface area (Å²) in [6.45, 7) is 9.11. The van der Waals surface area contributed by atoms with E-state index in [-0.39, 0.29) is 4.90 Å². The molecule has 0 saturated heterocycles. The highest BCUT2D eigenvalue weighted by molar-refractivity contribution is 7.86. The van der Waals surface area contributed by atoms with Gasteiger partial charge in [-0.25, -0.2) is 0 Å². The third-order valence-electron chi connectivity index (χ3n) is 4.84. The molecular weight excluding hydrogens is 296 g/mol. The molecule has 1 aliphatic rings. The van der Waals surface area contributed by atoms with E-state index in [0.29, 0.717) is 17.9 Å². The summed E-state index contributed by atoms with van der Waals surface area (Å²) in [6.07, 6.45) is 4.46. The predicted octanol–water partition coefficient (Wildman–Crippen LogP) is 4.55. The molecule has 2 rings (SSSR count). The predicted molar refractivity (Wildman–Crippen MR) is 89.2 cm³/mol. The van der Waals surface area contributed by atoms with Crippen LogP contribution in [0.2, 0.25) is 0 Å². The van der Waals surface area contributed by atoms with Crippen LogP contribution in [0.4, 0.5) is 0 Å². The SMILES string of the molecule is Cc1ccc(S(=O)(=O)OCC2CCC(C(C)(C)C)CC2)cc1. The van der Waals surface area contributed by atoms with Gasteiger partial charge in [-0.3, -0.25) is 4.18 Å². The zero-order valence-electron chi connectivity index (χ0n) is 14.1. The van der Waals surface area contributed by atoms with Gasteiger partial charge in [0.15, 0.2) is 0 Å². The molecule has 4 heteroatoms. The average Bonchev–Trinajstić information content (AvgIpc) is 2.45. The Bertz CT molecular complexity index is 574. The van der Waals surface area contributed by atoms with Gasteiger partial charge in [0.25, 0.3) is 10.1 Å². The molecule has 0 spiro atoms. The molecule has 1 aromatic carbocycles. The van der Waals surface area contributed by atoms with Crippen LogP contribution < -0.4 is 0 Å². The van der Waals surface area contributed by atoms with E-state index in [1.165, 1.54) is 12.8 Å². The minimum Gasteiger partial charge on any atom is -0.266 e. The Kier molecular flexibility index (Phi) is 5.33. The fourth-order valence-corrected chi connectivity index (χ4v) is 4.13. The van der Waals surface area contributed by atoms with Crippen LogP contribution in [0.1, 0.15) is 52.0 Å². The molecule has 1 aromatic rings. The Hall–Kier alpha value is -0.870. The van der Waals surface area contributed by atoms with Crippen molar-refractivity contribution in [3.63, 3.8) is 0 Å².